The molecular weight excluding hydrogens is 352 g/mol. The average molecular weight is 389 g/mol. The number of likely N-dealkylation sites (tertiary alicyclic amines) is 1. The van der Waals surface area contributed by atoms with Crippen molar-refractivity contribution in [3.63, 3.8) is 0 Å². The number of hydrogen-bond donors (Lipinski definition) is 3. The molecule has 0 unspecified atom stereocenters. The van der Waals surface area contributed by atoms with Crippen molar-refractivity contribution in [1.29, 1.82) is 0 Å². The van der Waals surface area contributed by atoms with Crippen LogP contribution < -0.4 is 5.32 Å². The first-order valence-electron chi connectivity index (χ1n) is 10.9. The Morgan fingerprint density at radius 3 is 2.39 bits per heavy atom. The lowest BCUT2D eigenvalue weighted by atomic mass is 9.91. The van der Waals surface area contributed by atoms with Gasteiger partial charge in [0.2, 0.25) is 0 Å². The van der Waals surface area contributed by atoms with E-state index in [1.807, 2.05) is 0 Å². The molecule has 1 aliphatic carbocycles. The number of amides is 1. The van der Waals surface area contributed by atoms with E-state index in [1.54, 1.807) is 4.90 Å². The molecule has 1 saturated heterocycles. The Bertz CT molecular complexity index is 652. The Kier molecular flexibility index (Phi) is 6.79. The quantitative estimate of drug-likeness (QED) is 0.599. The molecule has 2 fully saturated rings. The molecule has 1 aromatic rings. The van der Waals surface area contributed by atoms with Gasteiger partial charge in [0.15, 0.2) is 5.60 Å². The van der Waals surface area contributed by atoms with Gasteiger partial charge in [0, 0.05) is 19.6 Å². The van der Waals surface area contributed by atoms with E-state index in [4.69, 9.17) is 0 Å². The highest BCUT2D eigenvalue weighted by atomic mass is 16.3. The standard InChI is InChI=1S/C23H36N2O3/c1-18(2)20-8-6-19(7-9-20)16-25-15-5-12-23(28,21(25)26)17-24-14-13-22(27)10-3-4-11-22/h6-9,18,24,27-28H,3-5,10-17H2,1-2H3/t23-/m1/s1. The molecule has 1 aromatic carbocycles. The molecule has 0 aromatic heterocycles. The molecule has 3 N–H and O–H groups in total. The first-order chi connectivity index (χ1) is 13.3. The van der Waals surface area contributed by atoms with Crippen molar-refractivity contribution in [1.82, 2.24) is 10.2 Å². The molecule has 2 aliphatic rings. The summed E-state index contributed by atoms with van der Waals surface area (Å²) in [7, 11) is 0. The van der Waals surface area contributed by atoms with E-state index in [2.05, 4.69) is 43.4 Å². The molecule has 156 valence electrons. The second-order valence-corrected chi connectivity index (χ2v) is 9.12. The zero-order valence-electron chi connectivity index (χ0n) is 17.4. The van der Waals surface area contributed by atoms with Crippen LogP contribution in [0.2, 0.25) is 0 Å². The summed E-state index contributed by atoms with van der Waals surface area (Å²) in [5, 5.41) is 24.6. The van der Waals surface area contributed by atoms with Crippen molar-refractivity contribution >= 4 is 5.91 Å². The number of carbonyl (C=O) groups excluding carboxylic acids is 1. The second-order valence-electron chi connectivity index (χ2n) is 9.12. The maximum Gasteiger partial charge on any atom is 0.256 e. The highest BCUT2D eigenvalue weighted by Crippen LogP contribution is 2.32. The second kappa shape index (κ2) is 8.93. The molecular formula is C23H36N2O3. The molecule has 28 heavy (non-hydrogen) atoms. The van der Waals surface area contributed by atoms with Crippen molar-refractivity contribution in [2.45, 2.75) is 82.5 Å². The molecule has 1 aliphatic heterocycles. The summed E-state index contributed by atoms with van der Waals surface area (Å²) in [5.41, 5.74) is 0.492. The number of benzene rings is 1. The van der Waals surface area contributed by atoms with Gasteiger partial charge in [-0.3, -0.25) is 4.79 Å². The van der Waals surface area contributed by atoms with E-state index in [9.17, 15) is 15.0 Å². The molecule has 0 spiro atoms. The van der Waals surface area contributed by atoms with Gasteiger partial charge in [-0.25, -0.2) is 0 Å². The third kappa shape index (κ3) is 5.13. The largest absolute Gasteiger partial charge is 0.390 e. The maximum atomic E-state index is 12.9. The minimum atomic E-state index is -1.34. The van der Waals surface area contributed by atoms with Crippen molar-refractivity contribution in [2.24, 2.45) is 0 Å². The van der Waals surface area contributed by atoms with Gasteiger partial charge in [-0.2, -0.15) is 0 Å². The first-order valence-corrected chi connectivity index (χ1v) is 10.9. The van der Waals surface area contributed by atoms with Crippen LogP contribution >= 0.6 is 0 Å². The smallest absolute Gasteiger partial charge is 0.256 e. The highest BCUT2D eigenvalue weighted by molar-refractivity contribution is 5.86. The summed E-state index contributed by atoms with van der Waals surface area (Å²) < 4.78 is 0. The summed E-state index contributed by atoms with van der Waals surface area (Å²) in [5.74, 6) is 0.308. The minimum absolute atomic E-state index is 0.182. The molecule has 3 rings (SSSR count). The number of hydrogen-bond acceptors (Lipinski definition) is 4. The van der Waals surface area contributed by atoms with Gasteiger partial charge in [0.1, 0.15) is 0 Å². The number of piperidine rings is 1. The van der Waals surface area contributed by atoms with Crippen LogP contribution in [0.5, 0.6) is 0 Å². The van der Waals surface area contributed by atoms with Gasteiger partial charge in [-0.15, -0.1) is 0 Å². The van der Waals surface area contributed by atoms with Crippen molar-refractivity contribution < 1.29 is 15.0 Å². The predicted octanol–water partition coefficient (Wildman–Crippen LogP) is 2.95. The number of nitrogens with one attached hydrogen (secondary N) is 1. The van der Waals surface area contributed by atoms with E-state index >= 15 is 0 Å². The minimum Gasteiger partial charge on any atom is -0.390 e. The van der Waals surface area contributed by atoms with Crippen molar-refractivity contribution in [3.05, 3.63) is 35.4 Å². The SMILES string of the molecule is CC(C)c1ccc(CN2CCC[C@@](O)(CNCCC3(O)CCCC3)C2=O)cc1. The predicted molar refractivity (Wildman–Crippen MR) is 111 cm³/mol. The highest BCUT2D eigenvalue weighted by Gasteiger charge is 2.42. The van der Waals surface area contributed by atoms with Crippen molar-refractivity contribution in [2.75, 3.05) is 19.6 Å². The van der Waals surface area contributed by atoms with Crippen LogP contribution in [0, 0.1) is 0 Å². The lowest BCUT2D eigenvalue weighted by Gasteiger charge is -2.38. The van der Waals surface area contributed by atoms with Crippen LogP contribution in [-0.2, 0) is 11.3 Å². The fourth-order valence-electron chi connectivity index (χ4n) is 4.51. The lowest BCUT2D eigenvalue weighted by molar-refractivity contribution is -0.157. The Hall–Kier alpha value is -1.43. The molecule has 0 radical (unpaired) electrons. The molecule has 1 atom stereocenters. The van der Waals surface area contributed by atoms with Gasteiger partial charge in [-0.1, -0.05) is 51.0 Å². The topological polar surface area (TPSA) is 72.8 Å². The monoisotopic (exact) mass is 388 g/mol. The zero-order chi connectivity index (χ0) is 20.2. The zero-order valence-corrected chi connectivity index (χ0v) is 17.4. The van der Waals surface area contributed by atoms with E-state index in [0.29, 0.717) is 38.4 Å². The Morgan fingerprint density at radius 2 is 1.75 bits per heavy atom. The molecule has 1 saturated carbocycles. The fourth-order valence-corrected chi connectivity index (χ4v) is 4.51. The summed E-state index contributed by atoms with van der Waals surface area (Å²) in [6.45, 7) is 6.45. The van der Waals surface area contributed by atoms with Gasteiger partial charge < -0.3 is 20.4 Å². The van der Waals surface area contributed by atoms with E-state index in [-0.39, 0.29) is 12.5 Å². The maximum absolute atomic E-state index is 12.9. The molecule has 1 heterocycles. The van der Waals surface area contributed by atoms with Crippen LogP contribution in [0.1, 0.15) is 75.8 Å². The van der Waals surface area contributed by atoms with Gasteiger partial charge >= 0.3 is 0 Å². The number of rotatable bonds is 8. The van der Waals surface area contributed by atoms with Crippen LogP contribution in [-0.4, -0.2) is 51.9 Å². The van der Waals surface area contributed by atoms with Gasteiger partial charge in [0.05, 0.1) is 5.60 Å². The number of carbonyl (C=O) groups is 1. The van der Waals surface area contributed by atoms with E-state index in [1.165, 1.54) is 5.56 Å². The summed E-state index contributed by atoms with van der Waals surface area (Å²) in [6.07, 6.45) is 5.88. The molecule has 0 bridgehead atoms. The van der Waals surface area contributed by atoms with Crippen LogP contribution in [0.4, 0.5) is 0 Å². The van der Waals surface area contributed by atoms with Crippen molar-refractivity contribution in [3.8, 4) is 0 Å². The summed E-state index contributed by atoms with van der Waals surface area (Å²) in [4.78, 5) is 14.7. The van der Waals surface area contributed by atoms with E-state index < -0.39 is 11.2 Å². The van der Waals surface area contributed by atoms with Gasteiger partial charge in [0.25, 0.3) is 5.91 Å². The average Bonchev–Trinajstić information content (AvgIpc) is 3.10. The Morgan fingerprint density at radius 1 is 1.07 bits per heavy atom. The summed E-state index contributed by atoms with van der Waals surface area (Å²) in [6, 6.07) is 8.40. The molecule has 5 heteroatoms. The molecule has 1 amide bonds. The number of nitrogens with zero attached hydrogens (tertiary/aromatic N) is 1. The van der Waals surface area contributed by atoms with Gasteiger partial charge in [-0.05, 0) is 55.7 Å². The third-order valence-corrected chi connectivity index (χ3v) is 6.44. The van der Waals surface area contributed by atoms with Crippen LogP contribution in [0.15, 0.2) is 24.3 Å². The summed E-state index contributed by atoms with van der Waals surface area (Å²) >= 11 is 0. The third-order valence-electron chi connectivity index (χ3n) is 6.44. The fraction of sp³-hybridized carbons (Fsp3) is 0.696. The Balaban J connectivity index is 1.51. The normalized spacial score (nSPS) is 24.9. The van der Waals surface area contributed by atoms with E-state index in [0.717, 1.165) is 37.7 Å². The van der Waals surface area contributed by atoms with Crippen LogP contribution in [0.25, 0.3) is 0 Å². The molecule has 5 nitrogen and oxygen atoms in total. The Labute approximate surface area is 169 Å². The van der Waals surface area contributed by atoms with Crippen LogP contribution in [0.3, 0.4) is 0 Å². The number of aliphatic hydroxyl groups is 2. The first kappa shape index (κ1) is 21.3. The lowest BCUT2D eigenvalue weighted by Crippen LogP contribution is -2.57.